The summed E-state index contributed by atoms with van der Waals surface area (Å²) in [6, 6.07) is 5.28. The summed E-state index contributed by atoms with van der Waals surface area (Å²) in [4.78, 5) is 26.3. The molecule has 29 heavy (non-hydrogen) atoms. The van der Waals surface area contributed by atoms with Crippen LogP contribution in [0.3, 0.4) is 0 Å². The van der Waals surface area contributed by atoms with Gasteiger partial charge in [-0.05, 0) is 61.1 Å². The number of rotatable bonds is 4. The lowest BCUT2D eigenvalue weighted by Crippen LogP contribution is -2.56. The Morgan fingerprint density at radius 1 is 1.17 bits per heavy atom. The normalized spacial score (nSPS) is 22.7. The predicted octanol–water partition coefficient (Wildman–Crippen LogP) is 3.99. The molecule has 1 saturated heterocycles. The van der Waals surface area contributed by atoms with Crippen molar-refractivity contribution >= 4 is 12.0 Å². The van der Waals surface area contributed by atoms with Gasteiger partial charge in [0, 0.05) is 19.6 Å². The number of carbonyl (C=O) groups is 2. The molecule has 3 rings (SSSR count). The highest BCUT2D eigenvalue weighted by Crippen LogP contribution is 2.38. The van der Waals surface area contributed by atoms with E-state index in [0.717, 1.165) is 36.8 Å². The van der Waals surface area contributed by atoms with Crippen LogP contribution in [-0.4, -0.2) is 41.2 Å². The lowest BCUT2D eigenvalue weighted by Gasteiger charge is -2.40. The van der Waals surface area contributed by atoms with Crippen molar-refractivity contribution in [1.29, 1.82) is 0 Å². The fourth-order valence-electron chi connectivity index (χ4n) is 4.22. The summed E-state index contributed by atoms with van der Waals surface area (Å²) in [5.41, 5.74) is 2.03. The maximum atomic E-state index is 12.3. The zero-order chi connectivity index (χ0) is 21.2. The molecule has 1 aromatic rings. The van der Waals surface area contributed by atoms with Crippen LogP contribution in [0.1, 0.15) is 57.6 Å². The number of carbonyl (C=O) groups excluding carboxylic acids is 2. The molecule has 0 unspecified atom stereocenters. The minimum Gasteiger partial charge on any atom is -0.508 e. The third-order valence-corrected chi connectivity index (χ3v) is 6.40. The molecule has 2 N–H and O–H groups in total. The van der Waals surface area contributed by atoms with Crippen LogP contribution in [-0.2, 0) is 16.1 Å². The fourth-order valence-corrected chi connectivity index (χ4v) is 4.22. The van der Waals surface area contributed by atoms with Gasteiger partial charge in [-0.15, -0.1) is 0 Å². The van der Waals surface area contributed by atoms with Crippen molar-refractivity contribution in [1.82, 2.24) is 10.2 Å². The van der Waals surface area contributed by atoms with Gasteiger partial charge in [-0.1, -0.05) is 32.9 Å². The van der Waals surface area contributed by atoms with Gasteiger partial charge in [0.25, 0.3) is 0 Å². The Kier molecular flexibility index (Phi) is 6.39. The lowest BCUT2D eigenvalue weighted by atomic mass is 9.72. The van der Waals surface area contributed by atoms with Crippen LogP contribution in [0.4, 0.5) is 4.79 Å². The number of nitrogens with zero attached hydrogens (tertiary/aromatic N) is 1. The summed E-state index contributed by atoms with van der Waals surface area (Å²) in [5, 5.41) is 12.5. The summed E-state index contributed by atoms with van der Waals surface area (Å²) in [7, 11) is 0. The number of aryl methyl sites for hydroxylation is 1. The Morgan fingerprint density at radius 2 is 1.83 bits per heavy atom. The van der Waals surface area contributed by atoms with E-state index in [1.807, 2.05) is 13.0 Å². The molecule has 0 spiro atoms. The Bertz CT molecular complexity index is 742. The summed E-state index contributed by atoms with van der Waals surface area (Å²) in [6.07, 6.45) is 3.77. The molecular formula is C23H34N2O4. The van der Waals surface area contributed by atoms with Gasteiger partial charge < -0.3 is 20.1 Å². The average Bonchev–Trinajstić information content (AvgIpc) is 2.61. The quantitative estimate of drug-likeness (QED) is 0.798. The van der Waals surface area contributed by atoms with Crippen molar-refractivity contribution in [2.75, 3.05) is 13.1 Å². The third kappa shape index (κ3) is 5.43. The molecule has 6 nitrogen and oxygen atoms in total. The number of amides is 2. The van der Waals surface area contributed by atoms with Crippen LogP contribution >= 0.6 is 0 Å². The topological polar surface area (TPSA) is 78.9 Å². The fraction of sp³-hybridized carbons (Fsp3) is 0.652. The van der Waals surface area contributed by atoms with Crippen LogP contribution < -0.4 is 5.32 Å². The molecule has 0 aromatic heterocycles. The molecule has 1 aromatic carbocycles. The molecule has 0 bridgehead atoms. The maximum absolute atomic E-state index is 12.3. The van der Waals surface area contributed by atoms with Gasteiger partial charge in [0.15, 0.2) is 0 Å². The van der Waals surface area contributed by atoms with Crippen molar-refractivity contribution in [3.63, 3.8) is 0 Å². The predicted molar refractivity (Wildman–Crippen MR) is 111 cm³/mol. The number of benzene rings is 1. The molecule has 2 amide bonds. The molecule has 1 aliphatic heterocycles. The molecule has 2 aliphatic rings. The van der Waals surface area contributed by atoms with Crippen LogP contribution in [0.25, 0.3) is 0 Å². The smallest absolute Gasteiger partial charge is 0.410 e. The summed E-state index contributed by atoms with van der Waals surface area (Å²) in [6.45, 7) is 9.89. The lowest BCUT2D eigenvalue weighted by molar-refractivity contribution is -0.129. The van der Waals surface area contributed by atoms with E-state index >= 15 is 0 Å². The number of ether oxygens (including phenoxy) is 1. The molecule has 1 saturated carbocycles. The second-order valence-electron chi connectivity index (χ2n) is 9.66. The maximum Gasteiger partial charge on any atom is 0.410 e. The number of aromatic hydroxyl groups is 1. The summed E-state index contributed by atoms with van der Waals surface area (Å²) >= 11 is 0. The SMILES string of the molecule is Cc1cc(CNC(=O)C2CN(C(=O)O[C@H]3CC[C@H](C(C)(C)C)CC3)C2)ccc1O. The zero-order valence-corrected chi connectivity index (χ0v) is 18.0. The molecule has 1 heterocycles. The molecule has 2 fully saturated rings. The van der Waals surface area contributed by atoms with E-state index < -0.39 is 0 Å². The van der Waals surface area contributed by atoms with Gasteiger partial charge >= 0.3 is 6.09 Å². The van der Waals surface area contributed by atoms with E-state index in [2.05, 4.69) is 26.1 Å². The first-order valence-electron chi connectivity index (χ1n) is 10.6. The number of phenols is 1. The Labute approximate surface area is 173 Å². The van der Waals surface area contributed by atoms with E-state index in [4.69, 9.17) is 4.74 Å². The molecule has 0 radical (unpaired) electrons. The van der Waals surface area contributed by atoms with Crippen molar-refractivity contribution in [2.45, 2.75) is 66.0 Å². The van der Waals surface area contributed by atoms with Crippen LogP contribution in [0.2, 0.25) is 0 Å². The van der Waals surface area contributed by atoms with Gasteiger partial charge in [0.05, 0.1) is 5.92 Å². The highest BCUT2D eigenvalue weighted by molar-refractivity contribution is 5.82. The van der Waals surface area contributed by atoms with Crippen molar-refractivity contribution in [2.24, 2.45) is 17.3 Å². The molecule has 1 aliphatic carbocycles. The molecule has 160 valence electrons. The van der Waals surface area contributed by atoms with Gasteiger partial charge in [-0.25, -0.2) is 4.79 Å². The number of phenolic OH excluding ortho intramolecular Hbond substituents is 1. The molecule has 0 atom stereocenters. The molecular weight excluding hydrogens is 368 g/mol. The zero-order valence-electron chi connectivity index (χ0n) is 18.0. The van der Waals surface area contributed by atoms with E-state index in [-0.39, 0.29) is 29.8 Å². The summed E-state index contributed by atoms with van der Waals surface area (Å²) in [5.74, 6) is 0.704. The van der Waals surface area contributed by atoms with E-state index in [0.29, 0.717) is 31.0 Å². The highest BCUT2D eigenvalue weighted by atomic mass is 16.6. The van der Waals surface area contributed by atoms with Gasteiger partial charge in [-0.2, -0.15) is 0 Å². The first-order chi connectivity index (χ1) is 13.6. The minimum atomic E-state index is -0.289. The van der Waals surface area contributed by atoms with E-state index in [9.17, 15) is 14.7 Å². The number of likely N-dealkylation sites (tertiary alicyclic amines) is 1. The second-order valence-corrected chi connectivity index (χ2v) is 9.66. The minimum absolute atomic E-state index is 0.00622. The van der Waals surface area contributed by atoms with Gasteiger partial charge in [0.2, 0.25) is 5.91 Å². The number of nitrogens with one attached hydrogen (secondary N) is 1. The van der Waals surface area contributed by atoms with Crippen LogP contribution in [0, 0.1) is 24.2 Å². The average molecular weight is 403 g/mol. The second kappa shape index (κ2) is 8.64. The number of hydrogen-bond acceptors (Lipinski definition) is 4. The Hall–Kier alpha value is -2.24. The monoisotopic (exact) mass is 402 g/mol. The number of hydrogen-bond donors (Lipinski definition) is 2. The Morgan fingerprint density at radius 3 is 2.41 bits per heavy atom. The van der Waals surface area contributed by atoms with Gasteiger partial charge in [0.1, 0.15) is 11.9 Å². The Balaban J connectivity index is 1.36. The summed E-state index contributed by atoms with van der Waals surface area (Å²) < 4.78 is 5.67. The standard InChI is InChI=1S/C23H34N2O4/c1-15-11-16(5-10-20(15)26)12-24-21(27)17-13-25(14-17)22(28)29-19-8-6-18(7-9-19)23(2,3)4/h5,10-11,17-19,26H,6-9,12-14H2,1-4H3,(H,24,27)/t18-,19-. The van der Waals surface area contributed by atoms with Crippen molar-refractivity contribution in [3.05, 3.63) is 29.3 Å². The van der Waals surface area contributed by atoms with Crippen LogP contribution in [0.5, 0.6) is 5.75 Å². The van der Waals surface area contributed by atoms with Crippen molar-refractivity contribution < 1.29 is 19.4 Å². The third-order valence-electron chi connectivity index (χ3n) is 6.40. The largest absolute Gasteiger partial charge is 0.508 e. The van der Waals surface area contributed by atoms with Crippen molar-refractivity contribution in [3.8, 4) is 5.75 Å². The first-order valence-corrected chi connectivity index (χ1v) is 10.6. The highest BCUT2D eigenvalue weighted by Gasteiger charge is 2.38. The first kappa shape index (κ1) is 21.5. The molecule has 6 heteroatoms. The van der Waals surface area contributed by atoms with E-state index in [1.165, 1.54) is 0 Å². The van der Waals surface area contributed by atoms with E-state index in [1.54, 1.807) is 17.0 Å². The van der Waals surface area contributed by atoms with Gasteiger partial charge in [-0.3, -0.25) is 4.79 Å². The van der Waals surface area contributed by atoms with Crippen LogP contribution in [0.15, 0.2) is 18.2 Å².